The van der Waals surface area contributed by atoms with Crippen molar-refractivity contribution in [3.8, 4) is 0 Å². The highest BCUT2D eigenvalue weighted by Crippen LogP contribution is 2.34. The van der Waals surface area contributed by atoms with Gasteiger partial charge in [0.15, 0.2) is 0 Å². The van der Waals surface area contributed by atoms with E-state index >= 15 is 0 Å². The molecule has 5 nitrogen and oxygen atoms in total. The molecule has 0 aromatic heterocycles. The first-order valence-electron chi connectivity index (χ1n) is 8.31. The second-order valence-corrected chi connectivity index (χ2v) is 6.48. The number of hydrogen-bond acceptors (Lipinski definition) is 2. The van der Waals surface area contributed by atoms with Gasteiger partial charge in [-0.05, 0) is 32.1 Å². The molecule has 1 aliphatic heterocycles. The van der Waals surface area contributed by atoms with Gasteiger partial charge in [0.05, 0.1) is 0 Å². The molecule has 0 bridgehead atoms. The first kappa shape index (κ1) is 16.1. The van der Waals surface area contributed by atoms with Gasteiger partial charge >= 0.3 is 12.0 Å². The Hall–Kier alpha value is -1.26. The van der Waals surface area contributed by atoms with Crippen molar-refractivity contribution in [2.45, 2.75) is 76.3 Å². The van der Waals surface area contributed by atoms with Crippen LogP contribution in [-0.4, -0.2) is 52.1 Å². The Morgan fingerprint density at radius 2 is 1.81 bits per heavy atom. The Balaban J connectivity index is 2.12. The molecule has 120 valence electrons. The van der Waals surface area contributed by atoms with Crippen LogP contribution in [0.15, 0.2) is 0 Å². The van der Waals surface area contributed by atoms with Crippen molar-refractivity contribution in [1.29, 1.82) is 0 Å². The van der Waals surface area contributed by atoms with Crippen molar-refractivity contribution < 1.29 is 14.7 Å². The van der Waals surface area contributed by atoms with Crippen LogP contribution in [0.2, 0.25) is 0 Å². The molecule has 0 aromatic rings. The van der Waals surface area contributed by atoms with Crippen LogP contribution in [0.1, 0.15) is 64.7 Å². The van der Waals surface area contributed by atoms with Crippen molar-refractivity contribution in [3.05, 3.63) is 0 Å². The lowest BCUT2D eigenvalue weighted by Crippen LogP contribution is -2.57. The summed E-state index contributed by atoms with van der Waals surface area (Å²) in [5, 5.41) is 9.61. The average molecular weight is 296 g/mol. The second-order valence-electron chi connectivity index (χ2n) is 6.48. The summed E-state index contributed by atoms with van der Waals surface area (Å²) in [5.41, 5.74) is -0.990. The molecular weight excluding hydrogens is 268 g/mol. The molecule has 2 fully saturated rings. The van der Waals surface area contributed by atoms with Gasteiger partial charge in [-0.3, -0.25) is 0 Å². The van der Waals surface area contributed by atoms with Crippen LogP contribution in [-0.2, 0) is 4.79 Å². The highest BCUT2D eigenvalue weighted by atomic mass is 16.4. The van der Waals surface area contributed by atoms with E-state index in [0.29, 0.717) is 19.4 Å². The molecule has 0 aromatic carbocycles. The zero-order chi connectivity index (χ0) is 15.5. The monoisotopic (exact) mass is 296 g/mol. The highest BCUT2D eigenvalue weighted by molar-refractivity contribution is 5.87. The van der Waals surface area contributed by atoms with Crippen LogP contribution in [0, 0.1) is 0 Å². The maximum atomic E-state index is 12.8. The Kier molecular flexibility index (Phi) is 5.12. The fourth-order valence-corrected chi connectivity index (χ4v) is 3.89. The summed E-state index contributed by atoms with van der Waals surface area (Å²) in [5.74, 6) is -0.856. The molecule has 2 amide bonds. The van der Waals surface area contributed by atoms with Gasteiger partial charge in [0.1, 0.15) is 5.54 Å². The third-order valence-corrected chi connectivity index (χ3v) is 5.38. The van der Waals surface area contributed by atoms with Crippen molar-refractivity contribution >= 4 is 12.0 Å². The minimum Gasteiger partial charge on any atom is -0.479 e. The summed E-state index contributed by atoms with van der Waals surface area (Å²) < 4.78 is 0. The number of aliphatic carboxylic acids is 1. The topological polar surface area (TPSA) is 60.9 Å². The maximum Gasteiger partial charge on any atom is 0.329 e. The molecule has 1 atom stereocenters. The molecule has 1 saturated carbocycles. The second kappa shape index (κ2) is 6.67. The van der Waals surface area contributed by atoms with E-state index in [1.807, 2.05) is 18.9 Å². The smallest absolute Gasteiger partial charge is 0.329 e. The van der Waals surface area contributed by atoms with Crippen LogP contribution >= 0.6 is 0 Å². The molecule has 2 aliphatic rings. The van der Waals surface area contributed by atoms with Gasteiger partial charge in [0.2, 0.25) is 0 Å². The highest BCUT2D eigenvalue weighted by Gasteiger charge is 2.49. The van der Waals surface area contributed by atoms with E-state index in [4.69, 9.17) is 0 Å². The van der Waals surface area contributed by atoms with Gasteiger partial charge in [-0.25, -0.2) is 9.59 Å². The van der Waals surface area contributed by atoms with Crippen LogP contribution in [0.5, 0.6) is 0 Å². The molecular formula is C16H28N2O3. The van der Waals surface area contributed by atoms with Gasteiger partial charge in [-0.2, -0.15) is 0 Å². The SMILES string of the molecule is CCC1(C(=O)O)CCCN1C(=O)N(C)C1CCCCCC1. The molecule has 2 rings (SSSR count). The molecule has 0 spiro atoms. The molecule has 1 unspecified atom stereocenters. The number of amides is 2. The summed E-state index contributed by atoms with van der Waals surface area (Å²) in [4.78, 5) is 28.0. The first-order chi connectivity index (χ1) is 10.0. The molecule has 5 heteroatoms. The van der Waals surface area contributed by atoms with Gasteiger partial charge in [0.25, 0.3) is 0 Å². The summed E-state index contributed by atoms with van der Waals surface area (Å²) in [6.45, 7) is 2.43. The van der Waals surface area contributed by atoms with Crippen molar-refractivity contribution in [2.75, 3.05) is 13.6 Å². The molecule has 0 radical (unpaired) electrons. The standard InChI is InChI=1S/C16H28N2O3/c1-3-16(14(19)20)11-8-12-18(16)15(21)17(2)13-9-6-4-5-7-10-13/h13H,3-12H2,1-2H3,(H,19,20). The number of carboxylic acids is 1. The minimum absolute atomic E-state index is 0.0938. The number of urea groups is 1. The number of likely N-dealkylation sites (tertiary alicyclic amines) is 1. The van der Waals surface area contributed by atoms with Crippen molar-refractivity contribution in [1.82, 2.24) is 9.80 Å². The quantitative estimate of drug-likeness (QED) is 0.814. The van der Waals surface area contributed by atoms with Crippen LogP contribution in [0.4, 0.5) is 4.79 Å². The van der Waals surface area contributed by atoms with Gasteiger partial charge in [-0.1, -0.05) is 32.6 Å². The number of carbonyl (C=O) groups excluding carboxylic acids is 1. The van der Waals surface area contributed by atoms with E-state index in [9.17, 15) is 14.7 Å². The summed E-state index contributed by atoms with van der Waals surface area (Å²) in [7, 11) is 1.85. The number of nitrogens with zero attached hydrogens (tertiary/aromatic N) is 2. The van der Waals surface area contributed by atoms with Gasteiger partial charge in [0, 0.05) is 19.6 Å². The Labute approximate surface area is 127 Å². The van der Waals surface area contributed by atoms with E-state index < -0.39 is 11.5 Å². The third-order valence-electron chi connectivity index (χ3n) is 5.38. The largest absolute Gasteiger partial charge is 0.479 e. The Bertz CT molecular complexity index is 391. The van der Waals surface area contributed by atoms with E-state index in [0.717, 1.165) is 19.3 Å². The number of hydrogen-bond donors (Lipinski definition) is 1. The zero-order valence-corrected chi connectivity index (χ0v) is 13.3. The van der Waals surface area contributed by atoms with E-state index in [2.05, 4.69) is 0 Å². The number of rotatable bonds is 3. The number of carboxylic acid groups (broad SMARTS) is 1. The van der Waals surface area contributed by atoms with E-state index in [-0.39, 0.29) is 12.1 Å². The van der Waals surface area contributed by atoms with Crippen LogP contribution in [0.3, 0.4) is 0 Å². The Morgan fingerprint density at radius 3 is 2.33 bits per heavy atom. The zero-order valence-electron chi connectivity index (χ0n) is 13.3. The predicted octanol–water partition coefficient (Wildman–Crippen LogP) is 3.09. The summed E-state index contributed by atoms with van der Waals surface area (Å²) >= 11 is 0. The van der Waals surface area contributed by atoms with Crippen LogP contribution in [0.25, 0.3) is 0 Å². The third kappa shape index (κ3) is 3.01. The normalized spacial score (nSPS) is 27.4. The molecule has 21 heavy (non-hydrogen) atoms. The van der Waals surface area contributed by atoms with Crippen molar-refractivity contribution in [2.24, 2.45) is 0 Å². The lowest BCUT2D eigenvalue weighted by Gasteiger charge is -2.38. The summed E-state index contributed by atoms with van der Waals surface area (Å²) in [6.07, 6.45) is 8.75. The lowest BCUT2D eigenvalue weighted by atomic mass is 9.93. The van der Waals surface area contributed by atoms with E-state index in [1.165, 1.54) is 25.7 Å². The van der Waals surface area contributed by atoms with Crippen LogP contribution < -0.4 is 0 Å². The van der Waals surface area contributed by atoms with Gasteiger partial charge < -0.3 is 14.9 Å². The maximum absolute atomic E-state index is 12.8. The summed E-state index contributed by atoms with van der Waals surface area (Å²) in [6, 6.07) is 0.174. The van der Waals surface area contributed by atoms with E-state index in [1.54, 1.807) is 4.90 Å². The first-order valence-corrected chi connectivity index (χ1v) is 8.31. The fourth-order valence-electron chi connectivity index (χ4n) is 3.89. The fraction of sp³-hybridized carbons (Fsp3) is 0.875. The average Bonchev–Trinajstić information content (AvgIpc) is 2.74. The Morgan fingerprint density at radius 1 is 1.19 bits per heavy atom. The van der Waals surface area contributed by atoms with Gasteiger partial charge in [-0.15, -0.1) is 0 Å². The predicted molar refractivity (Wildman–Crippen MR) is 81.2 cm³/mol. The molecule has 1 heterocycles. The molecule has 1 N–H and O–H groups in total. The minimum atomic E-state index is -0.990. The van der Waals surface area contributed by atoms with Crippen molar-refractivity contribution in [3.63, 3.8) is 0 Å². The molecule has 1 aliphatic carbocycles. The molecule has 1 saturated heterocycles. The number of carbonyl (C=O) groups is 2. The lowest BCUT2D eigenvalue weighted by molar-refractivity contribution is -0.148.